The van der Waals surface area contributed by atoms with Crippen molar-refractivity contribution in [1.82, 2.24) is 0 Å². The number of ether oxygens (including phenoxy) is 2. The molecule has 0 aliphatic carbocycles. The van der Waals surface area contributed by atoms with E-state index in [-0.39, 0.29) is 6.61 Å². The summed E-state index contributed by atoms with van der Waals surface area (Å²) in [5, 5.41) is 11.4. The van der Waals surface area contributed by atoms with Crippen molar-refractivity contribution in [3.05, 3.63) is 53.6 Å². The van der Waals surface area contributed by atoms with E-state index in [2.05, 4.69) is 17.2 Å². The third-order valence-corrected chi connectivity index (χ3v) is 3.19. The highest BCUT2D eigenvalue weighted by Crippen LogP contribution is 2.29. The van der Waals surface area contributed by atoms with Crippen LogP contribution in [0.2, 0.25) is 0 Å². The van der Waals surface area contributed by atoms with Gasteiger partial charge in [-0.1, -0.05) is 30.0 Å². The molecule has 0 unspecified atom stereocenters. The summed E-state index contributed by atoms with van der Waals surface area (Å²) in [5.41, 5.74) is 7.38. The summed E-state index contributed by atoms with van der Waals surface area (Å²) < 4.78 is 10.7. The lowest BCUT2D eigenvalue weighted by Crippen LogP contribution is -2.27. The van der Waals surface area contributed by atoms with Gasteiger partial charge in [0.1, 0.15) is 17.4 Å². The van der Waals surface area contributed by atoms with Gasteiger partial charge in [-0.25, -0.2) is 4.79 Å². The van der Waals surface area contributed by atoms with Crippen LogP contribution < -0.4 is 15.8 Å². The first-order valence-electron chi connectivity index (χ1n) is 8.29. The van der Waals surface area contributed by atoms with Crippen molar-refractivity contribution in [2.75, 3.05) is 17.7 Å². The second-order valence-electron chi connectivity index (χ2n) is 6.63. The number of anilines is 2. The van der Waals surface area contributed by atoms with Gasteiger partial charge in [-0.05, 0) is 39.0 Å². The molecule has 0 saturated heterocycles. The fraction of sp³-hybridized carbons (Fsp3) is 0.238. The number of amides is 1. The fourth-order valence-electron chi connectivity index (χ4n) is 2.11. The number of nitriles is 1. The quantitative estimate of drug-likeness (QED) is 0.636. The minimum atomic E-state index is -0.639. The van der Waals surface area contributed by atoms with Crippen LogP contribution in [0.5, 0.6) is 5.75 Å². The highest BCUT2D eigenvalue weighted by atomic mass is 16.6. The predicted octanol–water partition coefficient (Wildman–Crippen LogP) is 3.92. The van der Waals surface area contributed by atoms with Crippen molar-refractivity contribution < 1.29 is 14.3 Å². The average molecular weight is 363 g/mol. The van der Waals surface area contributed by atoms with Crippen LogP contribution in [0.3, 0.4) is 0 Å². The maximum absolute atomic E-state index is 12.0. The standard InChI is InChI=1S/C21H21N3O3/c1-21(2,3)27-20(25)24-18-14-19(26-12-11-22)16(13-17(18)23)10-9-15-7-5-4-6-8-15/h4-8,13-14H,12,23H2,1-3H3,(H,24,25). The zero-order valence-electron chi connectivity index (χ0n) is 15.5. The van der Waals surface area contributed by atoms with Crippen LogP contribution in [-0.4, -0.2) is 18.3 Å². The van der Waals surface area contributed by atoms with Crippen molar-refractivity contribution in [1.29, 1.82) is 5.26 Å². The number of hydrogen-bond acceptors (Lipinski definition) is 5. The molecule has 0 fully saturated rings. The second kappa shape index (κ2) is 8.64. The topological polar surface area (TPSA) is 97.4 Å². The third kappa shape index (κ3) is 6.30. The molecular weight excluding hydrogens is 342 g/mol. The maximum Gasteiger partial charge on any atom is 0.412 e. The van der Waals surface area contributed by atoms with Crippen LogP contribution in [0.15, 0.2) is 42.5 Å². The first-order valence-corrected chi connectivity index (χ1v) is 8.29. The fourth-order valence-corrected chi connectivity index (χ4v) is 2.11. The van der Waals surface area contributed by atoms with Gasteiger partial charge in [0, 0.05) is 11.6 Å². The maximum atomic E-state index is 12.0. The molecule has 0 saturated carbocycles. The van der Waals surface area contributed by atoms with Crippen LogP contribution in [0, 0.1) is 23.2 Å². The van der Waals surface area contributed by atoms with Crippen molar-refractivity contribution in [3.8, 4) is 23.7 Å². The van der Waals surface area contributed by atoms with Crippen LogP contribution >= 0.6 is 0 Å². The molecular formula is C21H21N3O3. The molecule has 3 N–H and O–H groups in total. The van der Waals surface area contributed by atoms with E-state index in [1.807, 2.05) is 36.4 Å². The molecule has 0 atom stereocenters. The van der Waals surface area contributed by atoms with Gasteiger partial charge in [0.15, 0.2) is 6.61 Å². The van der Waals surface area contributed by atoms with E-state index in [1.165, 1.54) is 6.07 Å². The third-order valence-electron chi connectivity index (χ3n) is 3.19. The van der Waals surface area contributed by atoms with E-state index in [0.717, 1.165) is 5.56 Å². The molecule has 0 aromatic heterocycles. The molecule has 0 aliphatic rings. The minimum Gasteiger partial charge on any atom is -0.477 e. The second-order valence-corrected chi connectivity index (χ2v) is 6.63. The first kappa shape index (κ1) is 19.7. The zero-order valence-corrected chi connectivity index (χ0v) is 15.5. The molecule has 138 valence electrons. The van der Waals surface area contributed by atoms with E-state index in [0.29, 0.717) is 22.7 Å². The van der Waals surface area contributed by atoms with Crippen molar-refractivity contribution in [2.45, 2.75) is 26.4 Å². The molecule has 0 bridgehead atoms. The number of rotatable bonds is 3. The molecule has 2 aromatic carbocycles. The lowest BCUT2D eigenvalue weighted by molar-refractivity contribution is 0.0636. The lowest BCUT2D eigenvalue weighted by Gasteiger charge is -2.20. The van der Waals surface area contributed by atoms with Gasteiger partial charge in [0.2, 0.25) is 0 Å². The number of nitrogens with one attached hydrogen (secondary N) is 1. The van der Waals surface area contributed by atoms with Crippen LogP contribution in [-0.2, 0) is 4.74 Å². The summed E-state index contributed by atoms with van der Waals surface area (Å²) in [5.74, 6) is 6.35. The Hall–Kier alpha value is -3.64. The molecule has 0 radical (unpaired) electrons. The summed E-state index contributed by atoms with van der Waals surface area (Å²) in [6.07, 6.45) is -0.636. The Morgan fingerprint density at radius 3 is 2.52 bits per heavy atom. The Morgan fingerprint density at radius 1 is 1.19 bits per heavy atom. The van der Waals surface area contributed by atoms with Gasteiger partial charge in [-0.3, -0.25) is 5.32 Å². The summed E-state index contributed by atoms with van der Waals surface area (Å²) in [6, 6.07) is 14.5. The molecule has 0 aliphatic heterocycles. The monoisotopic (exact) mass is 363 g/mol. The number of hydrogen-bond donors (Lipinski definition) is 2. The molecule has 6 heteroatoms. The van der Waals surface area contributed by atoms with E-state index >= 15 is 0 Å². The van der Waals surface area contributed by atoms with Crippen LogP contribution in [0.25, 0.3) is 0 Å². The Labute approximate surface area is 158 Å². The Balaban J connectivity index is 2.33. The van der Waals surface area contributed by atoms with E-state index in [1.54, 1.807) is 26.8 Å². The van der Waals surface area contributed by atoms with Gasteiger partial charge in [0.25, 0.3) is 0 Å². The van der Waals surface area contributed by atoms with Gasteiger partial charge in [0.05, 0.1) is 16.9 Å². The zero-order chi connectivity index (χ0) is 19.9. The normalized spacial score (nSPS) is 10.1. The number of carbonyl (C=O) groups excluding carboxylic acids is 1. The number of nitrogen functional groups attached to an aromatic ring is 1. The number of nitrogens with two attached hydrogens (primary N) is 1. The van der Waals surface area contributed by atoms with Gasteiger partial charge >= 0.3 is 6.09 Å². The molecule has 0 spiro atoms. The number of carbonyl (C=O) groups is 1. The highest BCUT2D eigenvalue weighted by Gasteiger charge is 2.18. The van der Waals surface area contributed by atoms with Gasteiger partial charge < -0.3 is 15.2 Å². The average Bonchev–Trinajstić information content (AvgIpc) is 2.60. The SMILES string of the molecule is CC(C)(C)OC(=O)Nc1cc(OCC#N)c(C#Cc2ccccc2)cc1N. The van der Waals surface area contributed by atoms with Crippen molar-refractivity contribution in [2.24, 2.45) is 0 Å². The number of nitrogens with zero attached hydrogens (tertiary/aromatic N) is 1. The summed E-state index contributed by atoms with van der Waals surface area (Å²) in [7, 11) is 0. The molecule has 27 heavy (non-hydrogen) atoms. The van der Waals surface area contributed by atoms with E-state index in [4.69, 9.17) is 20.5 Å². The molecule has 1 amide bonds. The molecule has 6 nitrogen and oxygen atoms in total. The summed E-state index contributed by atoms with van der Waals surface area (Å²) in [6.45, 7) is 5.13. The largest absolute Gasteiger partial charge is 0.477 e. The van der Waals surface area contributed by atoms with Crippen LogP contribution in [0.1, 0.15) is 31.9 Å². The predicted molar refractivity (Wildman–Crippen MR) is 104 cm³/mol. The van der Waals surface area contributed by atoms with Crippen LogP contribution in [0.4, 0.5) is 16.2 Å². The summed E-state index contributed by atoms with van der Waals surface area (Å²) >= 11 is 0. The number of benzene rings is 2. The first-order chi connectivity index (χ1) is 12.8. The lowest BCUT2D eigenvalue weighted by atomic mass is 10.1. The van der Waals surface area contributed by atoms with E-state index < -0.39 is 11.7 Å². The Kier molecular flexibility index (Phi) is 6.30. The van der Waals surface area contributed by atoms with Gasteiger partial charge in [-0.15, -0.1) is 0 Å². The van der Waals surface area contributed by atoms with E-state index in [9.17, 15) is 4.79 Å². The minimum absolute atomic E-state index is 0.157. The summed E-state index contributed by atoms with van der Waals surface area (Å²) in [4.78, 5) is 12.0. The molecule has 2 aromatic rings. The molecule has 0 heterocycles. The smallest absolute Gasteiger partial charge is 0.412 e. The van der Waals surface area contributed by atoms with Crippen molar-refractivity contribution >= 4 is 17.5 Å². The van der Waals surface area contributed by atoms with Gasteiger partial charge in [-0.2, -0.15) is 5.26 Å². The van der Waals surface area contributed by atoms with Crippen molar-refractivity contribution in [3.63, 3.8) is 0 Å². The highest BCUT2D eigenvalue weighted by molar-refractivity contribution is 5.90. The Morgan fingerprint density at radius 2 is 1.89 bits per heavy atom. The molecule has 2 rings (SSSR count). The Bertz CT molecular complexity index is 914.